The van der Waals surface area contributed by atoms with Crippen LogP contribution in [0.1, 0.15) is 24.0 Å². The summed E-state index contributed by atoms with van der Waals surface area (Å²) in [6, 6.07) is 13.8. The highest BCUT2D eigenvalue weighted by atomic mass is 32.1. The molecule has 3 aromatic rings. The van der Waals surface area contributed by atoms with Crippen molar-refractivity contribution < 1.29 is 9.53 Å². The Bertz CT molecular complexity index is 953. The predicted molar refractivity (Wildman–Crippen MR) is 121 cm³/mol. The molecule has 1 aromatic heterocycles. The van der Waals surface area contributed by atoms with Crippen LogP contribution in [-0.2, 0) is 4.79 Å². The van der Waals surface area contributed by atoms with Crippen molar-refractivity contribution in [2.24, 2.45) is 0 Å². The minimum absolute atomic E-state index is 0.0492. The predicted octanol–water partition coefficient (Wildman–Crippen LogP) is 4.67. The highest BCUT2D eigenvalue weighted by Gasteiger charge is 2.20. The number of aryl methyl sites for hydroxylation is 2. The van der Waals surface area contributed by atoms with E-state index in [-0.39, 0.29) is 5.91 Å². The minimum atomic E-state index is 0.0492. The molecule has 0 spiro atoms. The van der Waals surface area contributed by atoms with Crippen molar-refractivity contribution in [3.05, 3.63) is 53.6 Å². The van der Waals surface area contributed by atoms with Crippen LogP contribution < -0.4 is 9.64 Å². The first-order valence-corrected chi connectivity index (χ1v) is 10.8. The molecule has 6 heteroatoms. The third kappa shape index (κ3) is 5.55. The second kappa shape index (κ2) is 9.85. The van der Waals surface area contributed by atoms with Crippen LogP contribution in [0.3, 0.4) is 0 Å². The maximum absolute atomic E-state index is 13.0. The van der Waals surface area contributed by atoms with Crippen LogP contribution in [0.25, 0.3) is 10.2 Å². The number of aromatic nitrogens is 1. The molecule has 2 aromatic carbocycles. The maximum Gasteiger partial charge on any atom is 0.232 e. The molecule has 5 nitrogen and oxygen atoms in total. The lowest BCUT2D eigenvalue weighted by molar-refractivity contribution is -0.119. The standard InChI is InChI=1S/C23H29N3O2S/c1-17-11-12-20-22(18(17)2)24-23(29-20)26(15-8-14-25(3)4)21(27)13-16-28-19-9-6-5-7-10-19/h5-7,9-12H,8,13-16H2,1-4H3. The van der Waals surface area contributed by atoms with Crippen molar-refractivity contribution in [3.8, 4) is 5.75 Å². The molecule has 0 aliphatic carbocycles. The highest BCUT2D eigenvalue weighted by Crippen LogP contribution is 2.32. The zero-order valence-electron chi connectivity index (χ0n) is 17.6. The van der Waals surface area contributed by atoms with E-state index in [1.807, 2.05) is 49.3 Å². The fraction of sp³-hybridized carbons (Fsp3) is 0.391. The summed E-state index contributed by atoms with van der Waals surface area (Å²) in [7, 11) is 4.09. The molecule has 0 saturated carbocycles. The van der Waals surface area contributed by atoms with Crippen LogP contribution in [-0.4, -0.2) is 49.6 Å². The molecular weight excluding hydrogens is 382 g/mol. The number of benzene rings is 2. The largest absolute Gasteiger partial charge is 0.493 e. The van der Waals surface area contributed by atoms with Crippen molar-refractivity contribution in [2.75, 3.05) is 38.7 Å². The molecule has 0 saturated heterocycles. The van der Waals surface area contributed by atoms with Crippen LogP contribution in [0.2, 0.25) is 0 Å². The van der Waals surface area contributed by atoms with E-state index in [0.717, 1.165) is 34.1 Å². The van der Waals surface area contributed by atoms with Gasteiger partial charge in [-0.15, -0.1) is 0 Å². The van der Waals surface area contributed by atoms with E-state index in [4.69, 9.17) is 9.72 Å². The van der Waals surface area contributed by atoms with Gasteiger partial charge in [-0.25, -0.2) is 4.98 Å². The number of hydrogen-bond donors (Lipinski definition) is 0. The Kier molecular flexibility index (Phi) is 7.23. The number of anilines is 1. The van der Waals surface area contributed by atoms with Crippen LogP contribution in [0, 0.1) is 13.8 Å². The second-order valence-electron chi connectivity index (χ2n) is 7.46. The van der Waals surface area contributed by atoms with Crippen molar-refractivity contribution in [3.63, 3.8) is 0 Å². The maximum atomic E-state index is 13.0. The monoisotopic (exact) mass is 411 g/mol. The summed E-state index contributed by atoms with van der Waals surface area (Å²) in [4.78, 5) is 21.8. The van der Waals surface area contributed by atoms with Gasteiger partial charge >= 0.3 is 0 Å². The zero-order valence-corrected chi connectivity index (χ0v) is 18.5. The third-order valence-electron chi connectivity index (χ3n) is 4.92. The van der Waals surface area contributed by atoms with Gasteiger partial charge in [-0.1, -0.05) is 35.6 Å². The van der Waals surface area contributed by atoms with Gasteiger partial charge in [0.15, 0.2) is 5.13 Å². The van der Waals surface area contributed by atoms with Gasteiger partial charge in [0.1, 0.15) is 5.75 Å². The Labute approximate surface area is 176 Å². The van der Waals surface area contributed by atoms with Gasteiger partial charge in [-0.3, -0.25) is 9.69 Å². The lowest BCUT2D eigenvalue weighted by atomic mass is 10.1. The summed E-state index contributed by atoms with van der Waals surface area (Å²) in [5, 5.41) is 0.775. The molecule has 154 valence electrons. The fourth-order valence-electron chi connectivity index (χ4n) is 3.11. The Morgan fingerprint density at radius 1 is 1.07 bits per heavy atom. The zero-order chi connectivity index (χ0) is 20.8. The molecule has 0 aliphatic rings. The second-order valence-corrected chi connectivity index (χ2v) is 8.47. The Hall–Kier alpha value is -2.44. The quantitative estimate of drug-likeness (QED) is 0.513. The molecule has 1 amide bonds. The number of nitrogens with zero attached hydrogens (tertiary/aromatic N) is 3. The first-order chi connectivity index (χ1) is 14.0. The normalized spacial score (nSPS) is 11.2. The van der Waals surface area contributed by atoms with Crippen LogP contribution >= 0.6 is 11.3 Å². The van der Waals surface area contributed by atoms with Crippen molar-refractivity contribution in [1.82, 2.24) is 9.88 Å². The molecule has 29 heavy (non-hydrogen) atoms. The van der Waals surface area contributed by atoms with Crippen molar-refractivity contribution in [1.29, 1.82) is 0 Å². The molecule has 0 N–H and O–H groups in total. The number of amides is 1. The van der Waals surface area contributed by atoms with Crippen molar-refractivity contribution >= 4 is 32.6 Å². The van der Waals surface area contributed by atoms with Gasteiger partial charge in [-0.2, -0.15) is 0 Å². The van der Waals surface area contributed by atoms with Crippen LogP contribution in [0.15, 0.2) is 42.5 Å². The van der Waals surface area contributed by atoms with Gasteiger partial charge in [-0.05, 0) is 70.2 Å². The molecule has 0 unspecified atom stereocenters. The summed E-state index contributed by atoms with van der Waals surface area (Å²) in [5.74, 6) is 0.832. The third-order valence-corrected chi connectivity index (χ3v) is 5.96. The van der Waals surface area contributed by atoms with E-state index in [1.165, 1.54) is 11.1 Å². The van der Waals surface area contributed by atoms with E-state index in [2.05, 4.69) is 30.9 Å². The lowest BCUT2D eigenvalue weighted by Crippen LogP contribution is -2.34. The lowest BCUT2D eigenvalue weighted by Gasteiger charge is -2.21. The topological polar surface area (TPSA) is 45.7 Å². The highest BCUT2D eigenvalue weighted by molar-refractivity contribution is 7.22. The Morgan fingerprint density at radius 2 is 1.83 bits per heavy atom. The number of para-hydroxylation sites is 1. The van der Waals surface area contributed by atoms with Gasteiger partial charge < -0.3 is 9.64 Å². The number of thiazole rings is 1. The first-order valence-electron chi connectivity index (χ1n) is 9.95. The van der Waals surface area contributed by atoms with E-state index < -0.39 is 0 Å². The van der Waals surface area contributed by atoms with Gasteiger partial charge in [0.25, 0.3) is 0 Å². The average Bonchev–Trinajstić information content (AvgIpc) is 3.13. The SMILES string of the molecule is Cc1ccc2sc(N(CCCN(C)C)C(=O)CCOc3ccccc3)nc2c1C. The minimum Gasteiger partial charge on any atom is -0.493 e. The van der Waals surface area contributed by atoms with Crippen LogP contribution in [0.4, 0.5) is 5.13 Å². The summed E-state index contributed by atoms with van der Waals surface area (Å²) >= 11 is 1.58. The molecule has 0 bridgehead atoms. The van der Waals surface area contributed by atoms with Crippen LogP contribution in [0.5, 0.6) is 5.75 Å². The number of rotatable bonds is 9. The van der Waals surface area contributed by atoms with Gasteiger partial charge in [0.2, 0.25) is 5.91 Å². The average molecular weight is 412 g/mol. The fourth-order valence-corrected chi connectivity index (χ4v) is 4.18. The molecule has 3 rings (SSSR count). The van der Waals surface area contributed by atoms with E-state index in [0.29, 0.717) is 19.6 Å². The number of ether oxygens (including phenoxy) is 1. The summed E-state index contributed by atoms with van der Waals surface area (Å²) in [6.45, 7) is 6.12. The molecule has 0 atom stereocenters. The Morgan fingerprint density at radius 3 is 2.55 bits per heavy atom. The summed E-state index contributed by atoms with van der Waals surface area (Å²) in [5.41, 5.74) is 3.39. The van der Waals surface area contributed by atoms with E-state index in [9.17, 15) is 4.79 Å². The molecule has 1 heterocycles. The summed E-state index contributed by atoms with van der Waals surface area (Å²) < 4.78 is 6.85. The van der Waals surface area contributed by atoms with Gasteiger partial charge in [0, 0.05) is 6.54 Å². The molecular formula is C23H29N3O2S. The van der Waals surface area contributed by atoms with Crippen molar-refractivity contribution in [2.45, 2.75) is 26.7 Å². The number of carbonyl (C=O) groups is 1. The number of carbonyl (C=O) groups excluding carboxylic acids is 1. The van der Waals surface area contributed by atoms with E-state index in [1.54, 1.807) is 11.3 Å². The van der Waals surface area contributed by atoms with Gasteiger partial charge in [0.05, 0.1) is 23.2 Å². The van der Waals surface area contributed by atoms with E-state index >= 15 is 0 Å². The summed E-state index contributed by atoms with van der Waals surface area (Å²) in [6.07, 6.45) is 1.22. The molecule has 0 radical (unpaired) electrons. The number of hydrogen-bond acceptors (Lipinski definition) is 5. The number of fused-ring (bicyclic) bond motifs is 1. The smallest absolute Gasteiger partial charge is 0.232 e. The Balaban J connectivity index is 1.74. The molecule has 0 fully saturated rings. The molecule has 0 aliphatic heterocycles. The first kappa shape index (κ1) is 21.3.